The van der Waals surface area contributed by atoms with Crippen LogP contribution in [0.3, 0.4) is 0 Å². The molecule has 0 saturated carbocycles. The van der Waals surface area contributed by atoms with Gasteiger partial charge in [-0.2, -0.15) is 5.10 Å². The van der Waals surface area contributed by atoms with E-state index in [1.54, 1.807) is 16.2 Å². The summed E-state index contributed by atoms with van der Waals surface area (Å²) in [6, 6.07) is 15.5. The van der Waals surface area contributed by atoms with E-state index in [4.69, 9.17) is 5.10 Å². The molecular formula is C21H28N4S+2. The summed E-state index contributed by atoms with van der Waals surface area (Å²) in [6.45, 7) is 7.12. The molecule has 136 valence electrons. The fraction of sp³-hybridized carbons (Fsp3) is 0.381. The van der Waals surface area contributed by atoms with E-state index in [0.29, 0.717) is 0 Å². The number of benzene rings is 1. The highest BCUT2D eigenvalue weighted by Gasteiger charge is 2.28. The van der Waals surface area contributed by atoms with Gasteiger partial charge in [-0.15, -0.1) is 11.3 Å². The maximum atomic E-state index is 4.91. The van der Waals surface area contributed by atoms with Gasteiger partial charge in [0, 0.05) is 19.0 Å². The molecule has 2 atom stereocenters. The highest BCUT2D eigenvalue weighted by molar-refractivity contribution is 7.13. The lowest BCUT2D eigenvalue weighted by Crippen LogP contribution is -3.16. The average molecular weight is 369 g/mol. The zero-order valence-electron chi connectivity index (χ0n) is 15.4. The Kier molecular flexibility index (Phi) is 5.48. The van der Waals surface area contributed by atoms with Crippen LogP contribution in [0.1, 0.15) is 25.3 Å². The fourth-order valence-electron chi connectivity index (χ4n) is 4.07. The first-order valence-corrected chi connectivity index (χ1v) is 10.6. The van der Waals surface area contributed by atoms with E-state index < -0.39 is 0 Å². The summed E-state index contributed by atoms with van der Waals surface area (Å²) in [4.78, 5) is 3.03. The minimum absolute atomic E-state index is 0.814. The van der Waals surface area contributed by atoms with Gasteiger partial charge >= 0.3 is 0 Å². The first-order valence-electron chi connectivity index (χ1n) is 9.69. The Morgan fingerprint density at radius 3 is 2.88 bits per heavy atom. The van der Waals surface area contributed by atoms with Gasteiger partial charge in [-0.3, -0.25) is 0 Å². The molecule has 0 radical (unpaired) electrons. The minimum Gasteiger partial charge on any atom is -0.337 e. The number of nitrogens with two attached hydrogens (primary N) is 1. The Balaban J connectivity index is 1.51. The smallest absolute Gasteiger partial charge is 0.137 e. The molecule has 1 aliphatic rings. The van der Waals surface area contributed by atoms with E-state index in [-0.39, 0.29) is 0 Å². The van der Waals surface area contributed by atoms with Crippen molar-refractivity contribution in [3.8, 4) is 16.3 Å². The molecule has 0 aliphatic carbocycles. The van der Waals surface area contributed by atoms with Gasteiger partial charge in [0.1, 0.15) is 24.8 Å². The number of likely N-dealkylation sites (N-methyl/N-ethyl adjacent to an activating group) is 1. The van der Waals surface area contributed by atoms with Gasteiger partial charge in [0.25, 0.3) is 0 Å². The maximum Gasteiger partial charge on any atom is 0.137 e. The van der Waals surface area contributed by atoms with Crippen molar-refractivity contribution in [1.82, 2.24) is 9.78 Å². The second kappa shape index (κ2) is 8.16. The van der Waals surface area contributed by atoms with Crippen molar-refractivity contribution >= 4 is 11.3 Å². The van der Waals surface area contributed by atoms with Crippen molar-refractivity contribution in [1.29, 1.82) is 0 Å². The second-order valence-corrected chi connectivity index (χ2v) is 8.04. The van der Waals surface area contributed by atoms with Gasteiger partial charge in [0.2, 0.25) is 0 Å². The van der Waals surface area contributed by atoms with Crippen LogP contribution in [0.2, 0.25) is 0 Å². The predicted octanol–water partition coefficient (Wildman–Crippen LogP) is 1.73. The molecule has 0 amide bonds. The standard InChI is InChI=1S/C21H26N4S/c1-2-24-12-6-10-19(24)15-22-14-17-16-25(18-8-4-3-5-9-18)23-21(17)20-11-7-13-26-20/h3-5,7-9,11,13,16,19,22H,2,6,10,12,14-15H2,1H3/p+2/t19-/m1/s1. The molecule has 1 aromatic carbocycles. The quantitative estimate of drug-likeness (QED) is 0.655. The van der Waals surface area contributed by atoms with Crippen LogP contribution in [-0.4, -0.2) is 35.5 Å². The minimum atomic E-state index is 0.814. The van der Waals surface area contributed by atoms with Gasteiger partial charge < -0.3 is 10.2 Å². The van der Waals surface area contributed by atoms with Crippen LogP contribution in [0.15, 0.2) is 54.0 Å². The summed E-state index contributed by atoms with van der Waals surface area (Å²) in [6.07, 6.45) is 4.97. The van der Waals surface area contributed by atoms with Crippen LogP contribution in [0.25, 0.3) is 16.3 Å². The number of para-hydroxylation sites is 1. The summed E-state index contributed by atoms with van der Waals surface area (Å²) in [5.41, 5.74) is 3.58. The van der Waals surface area contributed by atoms with Crippen molar-refractivity contribution in [3.63, 3.8) is 0 Å². The third kappa shape index (κ3) is 3.75. The number of rotatable bonds is 7. The second-order valence-electron chi connectivity index (χ2n) is 7.09. The van der Waals surface area contributed by atoms with Crippen molar-refractivity contribution in [3.05, 3.63) is 59.6 Å². The molecule has 0 bridgehead atoms. The monoisotopic (exact) mass is 368 g/mol. The number of hydrogen-bond donors (Lipinski definition) is 2. The molecule has 2 aromatic heterocycles. The first-order chi connectivity index (χ1) is 12.8. The zero-order valence-corrected chi connectivity index (χ0v) is 16.2. The third-order valence-corrected chi connectivity index (χ3v) is 6.34. The largest absolute Gasteiger partial charge is 0.337 e. The summed E-state index contributed by atoms with van der Waals surface area (Å²) in [5, 5.41) is 9.52. The van der Waals surface area contributed by atoms with Crippen LogP contribution in [0, 0.1) is 0 Å². The lowest BCUT2D eigenvalue weighted by atomic mass is 10.2. The number of quaternary nitrogens is 2. The number of thiophene rings is 1. The number of nitrogens with zero attached hydrogens (tertiary/aromatic N) is 2. The number of likely N-dealkylation sites (tertiary alicyclic amines) is 1. The molecule has 3 heterocycles. The molecular weight excluding hydrogens is 340 g/mol. The third-order valence-electron chi connectivity index (χ3n) is 5.46. The Labute approximate surface area is 159 Å². The highest BCUT2D eigenvalue weighted by atomic mass is 32.1. The summed E-state index contributed by atoms with van der Waals surface area (Å²) < 4.78 is 2.03. The van der Waals surface area contributed by atoms with Crippen LogP contribution in [-0.2, 0) is 6.54 Å². The molecule has 26 heavy (non-hydrogen) atoms. The fourth-order valence-corrected chi connectivity index (χ4v) is 4.81. The lowest BCUT2D eigenvalue weighted by molar-refractivity contribution is -0.925. The Bertz CT molecular complexity index is 810. The van der Waals surface area contributed by atoms with Gasteiger partial charge in [0.15, 0.2) is 0 Å². The molecule has 1 saturated heterocycles. The van der Waals surface area contributed by atoms with Crippen LogP contribution in [0.4, 0.5) is 0 Å². The molecule has 3 N–H and O–H groups in total. The van der Waals surface area contributed by atoms with Crippen LogP contribution < -0.4 is 10.2 Å². The lowest BCUT2D eigenvalue weighted by Gasteiger charge is -2.18. The number of hydrogen-bond acceptors (Lipinski definition) is 2. The zero-order chi connectivity index (χ0) is 17.8. The molecule has 1 unspecified atom stereocenters. The van der Waals surface area contributed by atoms with E-state index in [9.17, 15) is 0 Å². The van der Waals surface area contributed by atoms with Gasteiger partial charge in [-0.1, -0.05) is 24.3 Å². The van der Waals surface area contributed by atoms with E-state index in [0.717, 1.165) is 24.0 Å². The number of nitrogens with one attached hydrogen (secondary N) is 1. The van der Waals surface area contributed by atoms with E-state index >= 15 is 0 Å². The van der Waals surface area contributed by atoms with Crippen LogP contribution in [0.5, 0.6) is 0 Å². The van der Waals surface area contributed by atoms with Gasteiger partial charge in [-0.25, -0.2) is 4.68 Å². The van der Waals surface area contributed by atoms with Gasteiger partial charge in [0.05, 0.1) is 29.2 Å². The molecule has 4 rings (SSSR count). The highest BCUT2D eigenvalue weighted by Crippen LogP contribution is 2.27. The first kappa shape index (κ1) is 17.5. The number of aromatic nitrogens is 2. The van der Waals surface area contributed by atoms with E-state index in [2.05, 4.69) is 60.2 Å². The van der Waals surface area contributed by atoms with E-state index in [1.165, 1.54) is 42.9 Å². The SMILES string of the molecule is CC[NH+]1CCC[C@@H]1C[NH2+]Cc1cn(-c2ccccc2)nc1-c1cccs1. The predicted molar refractivity (Wildman–Crippen MR) is 107 cm³/mol. The van der Waals surface area contributed by atoms with E-state index in [1.807, 2.05) is 10.7 Å². The van der Waals surface area contributed by atoms with Crippen molar-refractivity contribution in [2.75, 3.05) is 19.6 Å². The topological polar surface area (TPSA) is 38.9 Å². The normalized spacial score (nSPS) is 19.9. The summed E-state index contributed by atoms with van der Waals surface area (Å²) >= 11 is 1.77. The average Bonchev–Trinajstić information content (AvgIpc) is 3.43. The maximum absolute atomic E-state index is 4.91. The van der Waals surface area contributed by atoms with Crippen molar-refractivity contribution < 1.29 is 10.2 Å². The molecule has 1 fully saturated rings. The summed E-state index contributed by atoms with van der Waals surface area (Å²) in [7, 11) is 0. The van der Waals surface area contributed by atoms with Crippen molar-refractivity contribution in [2.24, 2.45) is 0 Å². The molecule has 4 nitrogen and oxygen atoms in total. The molecule has 0 spiro atoms. The summed E-state index contributed by atoms with van der Waals surface area (Å²) in [5.74, 6) is 0. The molecule has 1 aliphatic heterocycles. The Morgan fingerprint density at radius 1 is 1.23 bits per heavy atom. The molecule has 3 aromatic rings. The van der Waals surface area contributed by atoms with Gasteiger partial charge in [-0.05, 0) is 30.5 Å². The molecule has 5 heteroatoms. The Morgan fingerprint density at radius 2 is 2.12 bits per heavy atom. The van der Waals surface area contributed by atoms with Crippen molar-refractivity contribution in [2.45, 2.75) is 32.4 Å². The van der Waals surface area contributed by atoms with Crippen LogP contribution >= 0.6 is 11.3 Å². The Hall–Kier alpha value is -1.95.